The van der Waals surface area contributed by atoms with Crippen molar-refractivity contribution in [2.45, 2.75) is 17.9 Å². The number of carbonyl (C=O) groups excluding carboxylic acids is 2. The van der Waals surface area contributed by atoms with Crippen LogP contribution in [-0.2, 0) is 14.3 Å². The predicted octanol–water partition coefficient (Wildman–Crippen LogP) is 4.97. The molecule has 0 aromatic heterocycles. The summed E-state index contributed by atoms with van der Waals surface area (Å²) >= 11 is 0. The standard InChI is InChI=1S/C30H29N3O3S/c1-2-12-24-20-37(31,32)29-25(19-21-13-6-3-7-14-21)28(34)33(29)26(24)30(35)36-27(22-15-8-4-9-16-22)23-17-10-5-11-18-23/h2-11,13-19,27,29H,1,12,20,31-32H2/b25-19+. The Morgan fingerprint density at radius 3 is 2.05 bits per heavy atom. The summed E-state index contributed by atoms with van der Waals surface area (Å²) in [5.41, 5.74) is 3.94. The molecule has 0 spiro atoms. The molecule has 5 rings (SSSR count). The number of hydrogen-bond donors (Lipinski definition) is 2. The first-order valence-corrected chi connectivity index (χ1v) is 14.0. The lowest BCUT2D eigenvalue weighted by molar-refractivity contribution is -0.149. The highest BCUT2D eigenvalue weighted by Crippen LogP contribution is 2.56. The van der Waals surface area contributed by atoms with Crippen LogP contribution in [0.1, 0.15) is 29.2 Å². The molecule has 0 aliphatic carbocycles. The third-order valence-electron chi connectivity index (χ3n) is 6.52. The quantitative estimate of drug-likeness (QED) is 0.202. The molecule has 3 aromatic rings. The minimum absolute atomic E-state index is 0.219. The van der Waals surface area contributed by atoms with Gasteiger partial charge in [-0.15, -0.1) is 17.0 Å². The first kappa shape index (κ1) is 24.8. The van der Waals surface area contributed by atoms with E-state index >= 15 is 0 Å². The van der Waals surface area contributed by atoms with E-state index in [2.05, 4.69) is 6.58 Å². The van der Waals surface area contributed by atoms with Crippen molar-refractivity contribution in [2.24, 2.45) is 10.3 Å². The number of rotatable bonds is 7. The van der Waals surface area contributed by atoms with Gasteiger partial charge in [-0.1, -0.05) is 97.1 Å². The molecule has 1 saturated heterocycles. The zero-order valence-corrected chi connectivity index (χ0v) is 21.1. The van der Waals surface area contributed by atoms with Crippen molar-refractivity contribution in [3.05, 3.63) is 137 Å². The van der Waals surface area contributed by atoms with Crippen molar-refractivity contribution in [1.29, 1.82) is 0 Å². The average Bonchev–Trinajstić information content (AvgIpc) is 2.91. The van der Waals surface area contributed by atoms with Gasteiger partial charge in [0, 0.05) is 5.75 Å². The highest BCUT2D eigenvalue weighted by Gasteiger charge is 2.56. The first-order valence-electron chi connectivity index (χ1n) is 12.0. The summed E-state index contributed by atoms with van der Waals surface area (Å²) in [5, 5.41) is 12.7. The van der Waals surface area contributed by atoms with Gasteiger partial charge in [0.05, 0.1) is 5.57 Å². The number of allylic oxidation sites excluding steroid dienone is 1. The van der Waals surface area contributed by atoms with E-state index in [1.54, 1.807) is 6.08 Å². The summed E-state index contributed by atoms with van der Waals surface area (Å²) in [6.45, 7) is 3.83. The SMILES string of the molecule is C=CCC1=C(C(=O)OC(c2ccccc2)c2ccccc2)N2C(=O)/C(=C\c3ccccc3)C2S(N)(N)C1. The van der Waals surface area contributed by atoms with Gasteiger partial charge in [-0.2, -0.15) is 0 Å². The van der Waals surface area contributed by atoms with Gasteiger partial charge in [0.1, 0.15) is 11.1 Å². The van der Waals surface area contributed by atoms with E-state index < -0.39 is 27.8 Å². The Morgan fingerprint density at radius 1 is 0.973 bits per heavy atom. The van der Waals surface area contributed by atoms with Crippen LogP contribution in [0.15, 0.2) is 120 Å². The van der Waals surface area contributed by atoms with E-state index in [0.29, 0.717) is 23.3 Å². The second kappa shape index (κ2) is 10.2. The lowest BCUT2D eigenvalue weighted by atomic mass is 9.98. The molecule has 7 heteroatoms. The maximum absolute atomic E-state index is 13.9. The Kier molecular flexibility index (Phi) is 6.84. The number of fused-ring (bicyclic) bond motifs is 1. The molecule has 3 aromatic carbocycles. The molecule has 0 saturated carbocycles. The van der Waals surface area contributed by atoms with Gasteiger partial charge < -0.3 is 4.74 Å². The number of hydrogen-bond acceptors (Lipinski definition) is 5. The van der Waals surface area contributed by atoms with Crippen molar-refractivity contribution in [3.8, 4) is 0 Å². The number of nitrogens with zero attached hydrogens (tertiary/aromatic N) is 1. The minimum atomic E-state index is -2.27. The van der Waals surface area contributed by atoms with Crippen molar-refractivity contribution in [2.75, 3.05) is 5.75 Å². The number of amides is 1. The zero-order valence-electron chi connectivity index (χ0n) is 20.3. The molecule has 6 nitrogen and oxygen atoms in total. The van der Waals surface area contributed by atoms with E-state index in [1.165, 1.54) is 4.90 Å². The lowest BCUT2D eigenvalue weighted by Gasteiger charge is -2.56. The summed E-state index contributed by atoms with van der Waals surface area (Å²) in [7, 11) is -2.27. The number of β-lactam (4-membered cyclic amide) rings is 1. The third-order valence-corrected chi connectivity index (χ3v) is 8.66. The van der Waals surface area contributed by atoms with Gasteiger partial charge >= 0.3 is 5.97 Å². The maximum Gasteiger partial charge on any atom is 0.356 e. The summed E-state index contributed by atoms with van der Waals surface area (Å²) in [4.78, 5) is 28.8. The van der Waals surface area contributed by atoms with Crippen LogP contribution in [0.4, 0.5) is 0 Å². The van der Waals surface area contributed by atoms with Gasteiger partial charge in [-0.05, 0) is 34.8 Å². The average molecular weight is 512 g/mol. The molecular formula is C30H29N3O3S. The van der Waals surface area contributed by atoms with Crippen LogP contribution in [0, 0.1) is 0 Å². The third kappa shape index (κ3) is 4.76. The molecular weight excluding hydrogens is 482 g/mol. The van der Waals surface area contributed by atoms with Gasteiger partial charge in [-0.3, -0.25) is 20.0 Å². The van der Waals surface area contributed by atoms with Crippen LogP contribution in [-0.4, -0.2) is 27.9 Å². The largest absolute Gasteiger partial charge is 0.448 e. The fourth-order valence-electron chi connectivity index (χ4n) is 4.88. The van der Waals surface area contributed by atoms with Crippen LogP contribution in [0.3, 0.4) is 0 Å². The summed E-state index contributed by atoms with van der Waals surface area (Å²) in [6.07, 6.45) is 3.23. The Bertz CT molecular complexity index is 1350. The van der Waals surface area contributed by atoms with Crippen molar-refractivity contribution in [1.82, 2.24) is 4.90 Å². The molecule has 1 unspecified atom stereocenters. The second-order valence-electron chi connectivity index (χ2n) is 9.14. The molecule has 2 aliphatic heterocycles. The Morgan fingerprint density at radius 2 is 1.51 bits per heavy atom. The van der Waals surface area contributed by atoms with E-state index in [1.807, 2.05) is 97.1 Å². The highest BCUT2D eigenvalue weighted by atomic mass is 32.3. The van der Waals surface area contributed by atoms with E-state index in [9.17, 15) is 9.59 Å². The van der Waals surface area contributed by atoms with E-state index in [4.69, 9.17) is 15.0 Å². The maximum atomic E-state index is 13.9. The van der Waals surface area contributed by atoms with Crippen LogP contribution in [0.2, 0.25) is 0 Å². The van der Waals surface area contributed by atoms with Crippen molar-refractivity contribution in [3.63, 3.8) is 0 Å². The molecule has 188 valence electrons. The fraction of sp³-hybridized carbons (Fsp3) is 0.133. The molecule has 1 atom stereocenters. The van der Waals surface area contributed by atoms with Gasteiger partial charge in [0.2, 0.25) is 0 Å². The number of ether oxygens (including phenoxy) is 1. The molecule has 37 heavy (non-hydrogen) atoms. The normalized spacial score (nSPS) is 20.3. The van der Waals surface area contributed by atoms with Crippen LogP contribution >= 0.6 is 10.4 Å². The molecule has 4 N–H and O–H groups in total. The minimum Gasteiger partial charge on any atom is -0.448 e. The molecule has 0 radical (unpaired) electrons. The molecule has 2 heterocycles. The zero-order chi connectivity index (χ0) is 26.0. The van der Waals surface area contributed by atoms with E-state index in [-0.39, 0.29) is 11.6 Å². The number of esters is 1. The highest BCUT2D eigenvalue weighted by molar-refractivity contribution is 8.31. The van der Waals surface area contributed by atoms with Crippen LogP contribution in [0.25, 0.3) is 6.08 Å². The second-order valence-corrected chi connectivity index (χ2v) is 11.7. The van der Waals surface area contributed by atoms with Crippen molar-refractivity contribution >= 4 is 28.4 Å². The Labute approximate surface area is 218 Å². The summed E-state index contributed by atoms with van der Waals surface area (Å²) in [5.74, 6) is -0.557. The summed E-state index contributed by atoms with van der Waals surface area (Å²) in [6, 6.07) is 28.6. The van der Waals surface area contributed by atoms with Gasteiger partial charge in [0.15, 0.2) is 6.10 Å². The van der Waals surface area contributed by atoms with E-state index in [0.717, 1.165) is 16.7 Å². The smallest absolute Gasteiger partial charge is 0.356 e. The van der Waals surface area contributed by atoms with Crippen molar-refractivity contribution < 1.29 is 14.3 Å². The molecule has 0 bridgehead atoms. The fourth-order valence-corrected chi connectivity index (χ4v) is 7.13. The Hall–Kier alpha value is -3.91. The van der Waals surface area contributed by atoms with Crippen LogP contribution < -0.4 is 10.3 Å². The number of nitrogens with two attached hydrogens (primary N) is 2. The number of benzene rings is 3. The lowest BCUT2D eigenvalue weighted by Crippen LogP contribution is -2.63. The summed E-state index contributed by atoms with van der Waals surface area (Å²) < 4.78 is 6.14. The van der Waals surface area contributed by atoms with Gasteiger partial charge in [-0.25, -0.2) is 4.79 Å². The molecule has 1 fully saturated rings. The molecule has 1 amide bonds. The monoisotopic (exact) mass is 511 g/mol. The molecule has 2 aliphatic rings. The topological polar surface area (TPSA) is 98.6 Å². The van der Waals surface area contributed by atoms with Gasteiger partial charge in [0.25, 0.3) is 5.91 Å². The first-order chi connectivity index (χ1) is 17.9. The predicted molar refractivity (Wildman–Crippen MR) is 149 cm³/mol. The Balaban J connectivity index is 1.54. The van der Waals surface area contributed by atoms with Crippen LogP contribution in [0.5, 0.6) is 0 Å². The number of carbonyl (C=O) groups is 2.